The largest absolute Gasteiger partial charge is 0.488 e. The predicted octanol–water partition coefficient (Wildman–Crippen LogP) is -0.667. The molecule has 1 aromatic heterocycles. The molecule has 5 N–H and O–H groups in total. The molecule has 1 aromatic rings. The number of nitrogens with zero attached hydrogens (tertiary/aromatic N) is 1. The van der Waals surface area contributed by atoms with Crippen LogP contribution >= 0.6 is 23.2 Å². The van der Waals surface area contributed by atoms with E-state index in [1.54, 1.807) is 0 Å². The lowest BCUT2D eigenvalue weighted by atomic mass is 10.5. The highest BCUT2D eigenvalue weighted by atomic mass is 31.3. The van der Waals surface area contributed by atoms with Crippen molar-refractivity contribution in [2.75, 3.05) is 6.35 Å². The van der Waals surface area contributed by atoms with Crippen molar-refractivity contribution in [3.05, 3.63) is 45.3 Å². The summed E-state index contributed by atoms with van der Waals surface area (Å²) in [5.41, 5.74) is -1.42. The van der Waals surface area contributed by atoms with Crippen molar-refractivity contribution in [2.45, 2.75) is 12.5 Å². The molecule has 18 heteroatoms. The zero-order chi connectivity index (χ0) is 20.5. The number of hydrogen-bond acceptors (Lipinski definition) is 9. The Bertz CT molecular complexity index is 976. The number of aromatic nitrogens is 2. The van der Waals surface area contributed by atoms with Gasteiger partial charge in [-0.3, -0.25) is 18.9 Å². The number of rotatable bonds is 8. The number of phosphoric acid groups is 2. The summed E-state index contributed by atoms with van der Waals surface area (Å²) in [5, 5.41) is 0. The minimum atomic E-state index is -5.56. The second-order valence-electron chi connectivity index (χ2n) is 4.85. The number of ether oxygens (including phenoxy) is 2. The quantitative estimate of drug-likeness (QED) is 0.245. The molecule has 0 fully saturated rings. The van der Waals surface area contributed by atoms with E-state index >= 15 is 0 Å². The Morgan fingerprint density at radius 2 is 1.78 bits per heavy atom. The van der Waals surface area contributed by atoms with Crippen molar-refractivity contribution >= 4 is 23.2 Å². The Kier molecular flexibility index (Phi) is 6.57. The molecule has 0 aromatic carbocycles. The number of nitrogens with one attached hydrogen (secondary N) is 1. The van der Waals surface area contributed by atoms with Gasteiger partial charge < -0.3 is 29.0 Å². The van der Waals surface area contributed by atoms with Gasteiger partial charge in [0.1, 0.15) is 0 Å². The average Bonchev–Trinajstić information content (AvgIpc) is 2.90. The molecule has 0 saturated carbocycles. The maximum Gasteiger partial charge on any atom is 0.488 e. The fraction of sp³-hybridized carbons (Fsp3) is 0.333. The molecule has 0 saturated heterocycles. The van der Waals surface area contributed by atoms with E-state index in [4.69, 9.17) is 24.2 Å². The minimum absolute atomic E-state index is 0.629. The summed E-state index contributed by atoms with van der Waals surface area (Å²) in [4.78, 5) is 60.0. The van der Waals surface area contributed by atoms with Crippen LogP contribution in [0.4, 0.5) is 0 Å². The van der Waals surface area contributed by atoms with Crippen LogP contribution in [0.2, 0.25) is 0 Å². The second kappa shape index (κ2) is 8.03. The standard InChI is InChI=1S/C9H13N2O13P3/c12-6-3-4-11(9(13)10-6)7-1-2-8(22-7)21-5-25(14,15)23-27(19,20)24-26(16,17)18/h1-4,7-8H,5H2,(H,14,15)(H,19,20)(H,10,12,13)(H2,16,17,18)/t7-,8+/m1/s1. The Morgan fingerprint density at radius 1 is 1.11 bits per heavy atom. The third-order valence-corrected chi connectivity index (χ3v) is 6.67. The van der Waals surface area contributed by atoms with Crippen LogP contribution in [0, 0.1) is 0 Å². The molecule has 152 valence electrons. The summed E-state index contributed by atoms with van der Waals surface area (Å²) in [7, 11) is -16.0. The van der Waals surface area contributed by atoms with E-state index in [1.165, 1.54) is 12.2 Å². The first-order valence-corrected chi connectivity index (χ1v) is 11.4. The summed E-state index contributed by atoms with van der Waals surface area (Å²) in [5.74, 6) is 0. The van der Waals surface area contributed by atoms with Crippen LogP contribution in [0.1, 0.15) is 6.23 Å². The van der Waals surface area contributed by atoms with Crippen LogP contribution in [0.3, 0.4) is 0 Å². The summed E-state index contributed by atoms with van der Waals surface area (Å²) in [6, 6.07) is 1.06. The van der Waals surface area contributed by atoms with Gasteiger partial charge in [0.15, 0.2) is 18.9 Å². The van der Waals surface area contributed by atoms with Crippen LogP contribution in [0.25, 0.3) is 0 Å². The van der Waals surface area contributed by atoms with Crippen LogP contribution in [0.15, 0.2) is 34.0 Å². The average molecular weight is 450 g/mol. The monoisotopic (exact) mass is 450 g/mol. The molecule has 0 radical (unpaired) electrons. The summed E-state index contributed by atoms with van der Waals surface area (Å²) < 4.78 is 51.7. The third kappa shape index (κ3) is 7.03. The molecule has 1 aliphatic rings. The van der Waals surface area contributed by atoms with Crippen molar-refractivity contribution in [2.24, 2.45) is 0 Å². The van der Waals surface area contributed by atoms with Gasteiger partial charge in [0.25, 0.3) is 5.56 Å². The highest BCUT2D eigenvalue weighted by Crippen LogP contribution is 2.65. The number of aromatic amines is 1. The molecule has 0 spiro atoms. The molecular weight excluding hydrogens is 437 g/mol. The third-order valence-electron chi connectivity index (χ3n) is 2.67. The van der Waals surface area contributed by atoms with Crippen LogP contribution in [-0.2, 0) is 31.8 Å². The van der Waals surface area contributed by atoms with Crippen LogP contribution in [-0.4, -0.2) is 41.8 Å². The van der Waals surface area contributed by atoms with E-state index < -0.39 is 53.4 Å². The normalized spacial score (nSPS) is 24.4. The maximum absolute atomic E-state index is 11.7. The van der Waals surface area contributed by atoms with Gasteiger partial charge in [0.2, 0.25) is 0 Å². The molecule has 27 heavy (non-hydrogen) atoms. The van der Waals surface area contributed by atoms with Crippen molar-refractivity contribution in [3.63, 3.8) is 0 Å². The lowest BCUT2D eigenvalue weighted by Gasteiger charge is -2.19. The first kappa shape index (κ1) is 22.1. The zero-order valence-electron chi connectivity index (χ0n) is 12.9. The molecule has 1 aliphatic heterocycles. The first-order valence-electron chi connectivity index (χ1n) is 6.66. The Morgan fingerprint density at radius 3 is 2.37 bits per heavy atom. The van der Waals surface area contributed by atoms with Crippen molar-refractivity contribution in [1.82, 2.24) is 9.55 Å². The lowest BCUT2D eigenvalue weighted by Crippen LogP contribution is -2.31. The molecule has 0 bridgehead atoms. The van der Waals surface area contributed by atoms with Gasteiger partial charge >= 0.3 is 28.9 Å². The highest BCUT2D eigenvalue weighted by Gasteiger charge is 2.40. The number of hydrogen-bond donors (Lipinski definition) is 5. The number of H-pyrrole nitrogens is 1. The zero-order valence-corrected chi connectivity index (χ0v) is 15.6. The van der Waals surface area contributed by atoms with E-state index in [0.717, 1.165) is 16.8 Å². The smallest absolute Gasteiger partial charge is 0.336 e. The fourth-order valence-corrected chi connectivity index (χ4v) is 5.07. The first-order chi connectivity index (χ1) is 12.3. The lowest BCUT2D eigenvalue weighted by molar-refractivity contribution is -0.127. The topological polar surface area (TPSA) is 224 Å². The molecule has 2 heterocycles. The highest BCUT2D eigenvalue weighted by molar-refractivity contribution is 7.68. The van der Waals surface area contributed by atoms with Gasteiger partial charge in [-0.1, -0.05) is 0 Å². The van der Waals surface area contributed by atoms with Crippen molar-refractivity contribution in [1.29, 1.82) is 0 Å². The Hall–Kier alpha value is -1.21. The van der Waals surface area contributed by atoms with Gasteiger partial charge in [-0.05, 0) is 12.2 Å². The summed E-state index contributed by atoms with van der Waals surface area (Å²) in [6.07, 6.45) is 0.178. The van der Waals surface area contributed by atoms with Crippen LogP contribution in [0.5, 0.6) is 0 Å². The summed E-state index contributed by atoms with van der Waals surface area (Å²) >= 11 is 0. The molecule has 15 nitrogen and oxygen atoms in total. The molecule has 2 unspecified atom stereocenters. The molecule has 2 rings (SSSR count). The van der Waals surface area contributed by atoms with Crippen molar-refractivity contribution in [3.8, 4) is 0 Å². The van der Waals surface area contributed by atoms with E-state index in [1.807, 2.05) is 4.98 Å². The minimum Gasteiger partial charge on any atom is -0.336 e. The van der Waals surface area contributed by atoms with E-state index in [-0.39, 0.29) is 0 Å². The van der Waals surface area contributed by atoms with Gasteiger partial charge in [-0.25, -0.2) is 18.2 Å². The molecule has 0 amide bonds. The van der Waals surface area contributed by atoms with Crippen molar-refractivity contribution < 1.29 is 51.4 Å². The van der Waals surface area contributed by atoms with E-state index in [0.29, 0.717) is 0 Å². The fourth-order valence-electron chi connectivity index (χ4n) is 1.80. The predicted molar refractivity (Wildman–Crippen MR) is 84.2 cm³/mol. The molecule has 0 aliphatic carbocycles. The maximum atomic E-state index is 11.7. The van der Waals surface area contributed by atoms with Crippen LogP contribution < -0.4 is 11.2 Å². The van der Waals surface area contributed by atoms with Gasteiger partial charge in [-0.2, -0.15) is 4.31 Å². The van der Waals surface area contributed by atoms with E-state index in [9.17, 15) is 28.2 Å². The molecule has 4 atom stereocenters. The Labute approximate surface area is 149 Å². The second-order valence-corrected chi connectivity index (χ2v) is 9.61. The Balaban J connectivity index is 1.93. The van der Waals surface area contributed by atoms with E-state index in [2.05, 4.69) is 8.62 Å². The molecular formula is C9H13N2O13P3. The van der Waals surface area contributed by atoms with Gasteiger partial charge in [0.05, 0.1) is 0 Å². The van der Waals surface area contributed by atoms with Gasteiger partial charge in [-0.15, -0.1) is 0 Å². The summed E-state index contributed by atoms with van der Waals surface area (Å²) in [6.45, 7) is 0. The van der Waals surface area contributed by atoms with Gasteiger partial charge in [0, 0.05) is 12.3 Å². The SMILES string of the molecule is O=c1ccn([C@H]2C=C[C@@H](OCP(=O)(O)OP(=O)(O)OP(=O)(O)O)O2)c(=O)[nH]1.